The summed E-state index contributed by atoms with van der Waals surface area (Å²) in [5.41, 5.74) is 5.28. The van der Waals surface area contributed by atoms with Crippen LogP contribution in [0, 0.1) is 20.8 Å². The standard InChI is InChI=1S/C23H20N2OS/c1-14-7-6-8-15(2)22(14)25-23(26)18-13-20(21-12-11-16(3)27-21)24-19-10-5-4-9-17(18)19/h4-13H,1-3H3,(H,25,26). The summed E-state index contributed by atoms with van der Waals surface area (Å²) in [6, 6.07) is 19.8. The molecule has 134 valence electrons. The van der Waals surface area contributed by atoms with Gasteiger partial charge in [0.25, 0.3) is 5.91 Å². The molecule has 0 saturated carbocycles. The maximum Gasteiger partial charge on any atom is 0.256 e. The molecule has 0 aliphatic heterocycles. The van der Waals surface area contributed by atoms with Gasteiger partial charge in [0.15, 0.2) is 0 Å². The Hall–Kier alpha value is -2.98. The fraction of sp³-hybridized carbons (Fsp3) is 0.130. The summed E-state index contributed by atoms with van der Waals surface area (Å²) in [4.78, 5) is 20.3. The van der Waals surface area contributed by atoms with E-state index < -0.39 is 0 Å². The molecule has 1 amide bonds. The second kappa shape index (κ2) is 6.97. The molecular formula is C23H20N2OS. The van der Waals surface area contributed by atoms with Gasteiger partial charge in [0.05, 0.1) is 21.7 Å². The van der Waals surface area contributed by atoms with Crippen LogP contribution in [0.25, 0.3) is 21.5 Å². The van der Waals surface area contributed by atoms with E-state index in [1.807, 2.05) is 62.4 Å². The highest BCUT2D eigenvalue weighted by Gasteiger charge is 2.16. The van der Waals surface area contributed by atoms with Crippen LogP contribution in [0.15, 0.2) is 60.7 Å². The Labute approximate surface area is 162 Å². The van der Waals surface area contributed by atoms with Crippen molar-refractivity contribution in [3.8, 4) is 10.6 Å². The van der Waals surface area contributed by atoms with Crippen molar-refractivity contribution in [1.29, 1.82) is 0 Å². The van der Waals surface area contributed by atoms with E-state index in [1.165, 1.54) is 4.88 Å². The number of hydrogen-bond donors (Lipinski definition) is 1. The largest absolute Gasteiger partial charge is 0.321 e. The van der Waals surface area contributed by atoms with E-state index in [-0.39, 0.29) is 5.91 Å². The Kier molecular flexibility index (Phi) is 4.50. The predicted octanol–water partition coefficient (Wildman–Crippen LogP) is 6.14. The van der Waals surface area contributed by atoms with E-state index in [4.69, 9.17) is 4.98 Å². The van der Waals surface area contributed by atoms with Crippen LogP contribution in [0.3, 0.4) is 0 Å². The first kappa shape index (κ1) is 17.4. The zero-order valence-electron chi connectivity index (χ0n) is 15.5. The number of pyridine rings is 1. The van der Waals surface area contributed by atoms with Crippen molar-refractivity contribution in [3.05, 3.63) is 82.2 Å². The molecule has 2 aromatic carbocycles. The second-order valence-corrected chi connectivity index (χ2v) is 7.99. The van der Waals surface area contributed by atoms with Gasteiger partial charge in [0.1, 0.15) is 0 Å². The number of nitrogens with zero attached hydrogens (tertiary/aromatic N) is 1. The number of hydrogen-bond acceptors (Lipinski definition) is 3. The van der Waals surface area contributed by atoms with Gasteiger partial charge < -0.3 is 5.32 Å². The summed E-state index contributed by atoms with van der Waals surface area (Å²) < 4.78 is 0. The average Bonchev–Trinajstić information content (AvgIpc) is 3.10. The number of anilines is 1. The second-order valence-electron chi connectivity index (χ2n) is 6.70. The van der Waals surface area contributed by atoms with Crippen LogP contribution in [0.1, 0.15) is 26.4 Å². The van der Waals surface area contributed by atoms with Gasteiger partial charge in [-0.25, -0.2) is 4.98 Å². The average molecular weight is 372 g/mol. The van der Waals surface area contributed by atoms with E-state index in [0.717, 1.165) is 38.3 Å². The number of fused-ring (bicyclic) bond motifs is 1. The topological polar surface area (TPSA) is 42.0 Å². The molecule has 0 aliphatic rings. The minimum absolute atomic E-state index is 0.111. The van der Waals surface area contributed by atoms with Crippen LogP contribution in [0.4, 0.5) is 5.69 Å². The van der Waals surface area contributed by atoms with Crippen LogP contribution in [0.2, 0.25) is 0 Å². The maximum atomic E-state index is 13.2. The van der Waals surface area contributed by atoms with E-state index in [9.17, 15) is 4.79 Å². The first-order chi connectivity index (χ1) is 13.0. The van der Waals surface area contributed by atoms with E-state index in [1.54, 1.807) is 11.3 Å². The summed E-state index contributed by atoms with van der Waals surface area (Å²) in [6.45, 7) is 6.09. The highest BCUT2D eigenvalue weighted by Crippen LogP contribution is 2.30. The number of carbonyl (C=O) groups excluding carboxylic acids is 1. The Bertz CT molecular complexity index is 1140. The lowest BCUT2D eigenvalue weighted by atomic mass is 10.0. The Morgan fingerprint density at radius 1 is 0.926 bits per heavy atom. The van der Waals surface area contributed by atoms with E-state index in [0.29, 0.717) is 5.56 Å². The van der Waals surface area contributed by atoms with Gasteiger partial charge in [-0.2, -0.15) is 0 Å². The zero-order valence-corrected chi connectivity index (χ0v) is 16.4. The van der Waals surface area contributed by atoms with Crippen molar-refractivity contribution >= 4 is 33.8 Å². The highest BCUT2D eigenvalue weighted by molar-refractivity contribution is 7.15. The summed E-state index contributed by atoms with van der Waals surface area (Å²) >= 11 is 1.68. The molecule has 2 heterocycles. The highest BCUT2D eigenvalue weighted by atomic mass is 32.1. The fourth-order valence-electron chi connectivity index (χ4n) is 3.25. The molecule has 0 unspecified atom stereocenters. The van der Waals surface area contributed by atoms with Gasteiger partial charge in [-0.05, 0) is 56.2 Å². The number of aryl methyl sites for hydroxylation is 3. The molecule has 4 aromatic rings. The van der Waals surface area contributed by atoms with Crippen LogP contribution < -0.4 is 5.32 Å². The van der Waals surface area contributed by atoms with Crippen molar-refractivity contribution in [2.24, 2.45) is 0 Å². The van der Waals surface area contributed by atoms with Crippen molar-refractivity contribution in [2.75, 3.05) is 5.32 Å². The molecule has 0 aliphatic carbocycles. The minimum Gasteiger partial charge on any atom is -0.321 e. The number of rotatable bonds is 3. The van der Waals surface area contributed by atoms with Crippen LogP contribution in [-0.4, -0.2) is 10.9 Å². The Balaban J connectivity index is 1.83. The van der Waals surface area contributed by atoms with E-state index in [2.05, 4.69) is 24.4 Å². The maximum absolute atomic E-state index is 13.2. The molecule has 0 bridgehead atoms. The number of thiophene rings is 1. The molecule has 0 spiro atoms. The lowest BCUT2D eigenvalue weighted by Crippen LogP contribution is -2.14. The first-order valence-corrected chi connectivity index (χ1v) is 9.69. The predicted molar refractivity (Wildman–Crippen MR) is 114 cm³/mol. The molecule has 0 atom stereocenters. The summed E-state index contributed by atoms with van der Waals surface area (Å²) in [5, 5.41) is 3.97. The normalized spacial score (nSPS) is 10.9. The van der Waals surface area contributed by atoms with Crippen LogP contribution in [0.5, 0.6) is 0 Å². The van der Waals surface area contributed by atoms with Crippen molar-refractivity contribution in [2.45, 2.75) is 20.8 Å². The summed E-state index contributed by atoms with van der Waals surface area (Å²) in [7, 11) is 0. The minimum atomic E-state index is -0.111. The molecule has 27 heavy (non-hydrogen) atoms. The number of amides is 1. The Morgan fingerprint density at radius 3 is 2.37 bits per heavy atom. The van der Waals surface area contributed by atoms with Gasteiger partial charge in [-0.15, -0.1) is 11.3 Å². The van der Waals surface area contributed by atoms with Gasteiger partial charge in [-0.1, -0.05) is 36.4 Å². The number of nitrogens with one attached hydrogen (secondary N) is 1. The molecule has 0 saturated heterocycles. The zero-order chi connectivity index (χ0) is 19.0. The Morgan fingerprint density at radius 2 is 1.67 bits per heavy atom. The van der Waals surface area contributed by atoms with Gasteiger partial charge in [-0.3, -0.25) is 4.79 Å². The number of aromatic nitrogens is 1. The SMILES string of the molecule is Cc1ccc(-c2cc(C(=O)Nc3c(C)cccc3C)c3ccccc3n2)s1. The third-order valence-corrected chi connectivity index (χ3v) is 5.70. The number of carbonyl (C=O) groups is 1. The molecular weight excluding hydrogens is 352 g/mol. The quantitative estimate of drug-likeness (QED) is 0.469. The molecule has 0 fully saturated rings. The number of para-hydroxylation sites is 2. The molecule has 2 aromatic heterocycles. The molecule has 0 radical (unpaired) electrons. The van der Waals surface area contributed by atoms with Gasteiger partial charge >= 0.3 is 0 Å². The van der Waals surface area contributed by atoms with E-state index >= 15 is 0 Å². The fourth-order valence-corrected chi connectivity index (χ4v) is 4.08. The monoisotopic (exact) mass is 372 g/mol. The molecule has 3 nitrogen and oxygen atoms in total. The lowest BCUT2D eigenvalue weighted by molar-refractivity contribution is 0.102. The molecule has 4 heteroatoms. The van der Waals surface area contributed by atoms with Crippen molar-refractivity contribution < 1.29 is 4.79 Å². The number of benzene rings is 2. The van der Waals surface area contributed by atoms with Crippen LogP contribution >= 0.6 is 11.3 Å². The third kappa shape index (κ3) is 3.36. The summed E-state index contributed by atoms with van der Waals surface area (Å²) in [5.74, 6) is -0.111. The third-order valence-electron chi connectivity index (χ3n) is 4.67. The lowest BCUT2D eigenvalue weighted by Gasteiger charge is -2.13. The first-order valence-electron chi connectivity index (χ1n) is 8.87. The van der Waals surface area contributed by atoms with Gasteiger partial charge in [0.2, 0.25) is 0 Å². The summed E-state index contributed by atoms with van der Waals surface area (Å²) in [6.07, 6.45) is 0. The van der Waals surface area contributed by atoms with Crippen molar-refractivity contribution in [3.63, 3.8) is 0 Å². The van der Waals surface area contributed by atoms with Crippen LogP contribution in [-0.2, 0) is 0 Å². The molecule has 1 N–H and O–H groups in total. The smallest absolute Gasteiger partial charge is 0.256 e. The van der Waals surface area contributed by atoms with Gasteiger partial charge in [0, 0.05) is 16.0 Å². The molecule has 4 rings (SSSR count). The van der Waals surface area contributed by atoms with Crippen molar-refractivity contribution in [1.82, 2.24) is 4.98 Å².